The second kappa shape index (κ2) is 3.57. The van der Waals surface area contributed by atoms with Gasteiger partial charge in [-0.1, -0.05) is 6.07 Å². The second-order valence-electron chi connectivity index (χ2n) is 3.18. The predicted octanol–water partition coefficient (Wildman–Crippen LogP) is 1.76. The minimum absolute atomic E-state index is 0.0766. The van der Waals surface area contributed by atoms with Crippen LogP contribution < -0.4 is 11.3 Å². The SMILES string of the molecule is Nc1cc(-c2cc[nH]c(=O)c2)ccc1F. The van der Waals surface area contributed by atoms with E-state index < -0.39 is 5.82 Å². The lowest BCUT2D eigenvalue weighted by Gasteiger charge is -2.02. The molecule has 0 radical (unpaired) electrons. The van der Waals surface area contributed by atoms with Gasteiger partial charge in [0.1, 0.15) is 5.82 Å². The first-order chi connectivity index (χ1) is 7.16. The molecule has 1 aromatic heterocycles. The normalized spacial score (nSPS) is 10.2. The van der Waals surface area contributed by atoms with Crippen molar-refractivity contribution in [2.24, 2.45) is 0 Å². The Hall–Kier alpha value is -2.10. The van der Waals surface area contributed by atoms with Crippen LogP contribution in [0, 0.1) is 5.82 Å². The van der Waals surface area contributed by atoms with Gasteiger partial charge in [-0.3, -0.25) is 4.79 Å². The number of aromatic amines is 1. The van der Waals surface area contributed by atoms with Crippen molar-refractivity contribution in [3.8, 4) is 11.1 Å². The molecule has 2 aromatic rings. The van der Waals surface area contributed by atoms with Crippen molar-refractivity contribution in [2.75, 3.05) is 5.73 Å². The van der Waals surface area contributed by atoms with E-state index in [0.717, 1.165) is 5.56 Å². The Morgan fingerprint density at radius 2 is 1.87 bits per heavy atom. The predicted molar refractivity (Wildman–Crippen MR) is 56.9 cm³/mol. The van der Waals surface area contributed by atoms with Gasteiger partial charge in [-0.15, -0.1) is 0 Å². The molecule has 0 atom stereocenters. The molecule has 0 aliphatic heterocycles. The van der Waals surface area contributed by atoms with Gasteiger partial charge in [-0.05, 0) is 29.3 Å². The number of pyridine rings is 1. The number of H-pyrrole nitrogens is 1. The number of rotatable bonds is 1. The number of hydrogen-bond acceptors (Lipinski definition) is 2. The molecule has 2 rings (SSSR count). The monoisotopic (exact) mass is 204 g/mol. The van der Waals surface area contributed by atoms with Crippen molar-refractivity contribution in [1.29, 1.82) is 0 Å². The highest BCUT2D eigenvalue weighted by Crippen LogP contribution is 2.21. The topological polar surface area (TPSA) is 58.9 Å². The highest BCUT2D eigenvalue weighted by molar-refractivity contribution is 5.66. The van der Waals surface area contributed by atoms with E-state index in [-0.39, 0.29) is 11.2 Å². The Kier molecular flexibility index (Phi) is 2.25. The lowest BCUT2D eigenvalue weighted by Crippen LogP contribution is -2.02. The zero-order valence-corrected chi connectivity index (χ0v) is 7.83. The van der Waals surface area contributed by atoms with Crippen LogP contribution in [0.5, 0.6) is 0 Å². The Morgan fingerprint density at radius 3 is 2.53 bits per heavy atom. The van der Waals surface area contributed by atoms with Crippen LogP contribution in [0.25, 0.3) is 11.1 Å². The molecule has 0 saturated heterocycles. The van der Waals surface area contributed by atoms with Crippen molar-refractivity contribution < 1.29 is 4.39 Å². The van der Waals surface area contributed by atoms with E-state index in [1.807, 2.05) is 0 Å². The molecule has 0 fully saturated rings. The summed E-state index contributed by atoms with van der Waals surface area (Å²) < 4.78 is 12.9. The summed E-state index contributed by atoms with van der Waals surface area (Å²) in [5.41, 5.74) is 6.75. The summed E-state index contributed by atoms with van der Waals surface area (Å²) >= 11 is 0. The van der Waals surface area contributed by atoms with Gasteiger partial charge in [0.25, 0.3) is 0 Å². The van der Waals surface area contributed by atoms with E-state index in [0.29, 0.717) is 5.56 Å². The average molecular weight is 204 g/mol. The third-order valence-electron chi connectivity index (χ3n) is 2.10. The zero-order chi connectivity index (χ0) is 10.8. The highest BCUT2D eigenvalue weighted by Gasteiger charge is 2.02. The molecular formula is C11H9FN2O. The molecule has 0 unspecified atom stereocenters. The van der Waals surface area contributed by atoms with Gasteiger partial charge in [0.05, 0.1) is 5.69 Å². The number of nitrogens with one attached hydrogen (secondary N) is 1. The van der Waals surface area contributed by atoms with Crippen LogP contribution in [0.2, 0.25) is 0 Å². The first kappa shape index (κ1) is 9.45. The molecule has 1 aromatic carbocycles. The van der Waals surface area contributed by atoms with Crippen LogP contribution in [-0.2, 0) is 0 Å². The number of benzene rings is 1. The minimum atomic E-state index is -0.455. The van der Waals surface area contributed by atoms with Crippen molar-refractivity contribution in [1.82, 2.24) is 4.98 Å². The van der Waals surface area contributed by atoms with Gasteiger partial charge >= 0.3 is 0 Å². The Bertz CT molecular complexity index is 548. The third-order valence-corrected chi connectivity index (χ3v) is 2.10. The molecule has 0 aliphatic rings. The smallest absolute Gasteiger partial charge is 0.248 e. The maximum Gasteiger partial charge on any atom is 0.248 e. The van der Waals surface area contributed by atoms with Crippen LogP contribution in [0.3, 0.4) is 0 Å². The Labute approximate surface area is 85.4 Å². The van der Waals surface area contributed by atoms with Gasteiger partial charge < -0.3 is 10.7 Å². The third kappa shape index (κ3) is 1.88. The largest absolute Gasteiger partial charge is 0.396 e. The second-order valence-corrected chi connectivity index (χ2v) is 3.18. The fourth-order valence-electron chi connectivity index (χ4n) is 1.35. The van der Waals surface area contributed by atoms with Crippen LogP contribution >= 0.6 is 0 Å². The number of anilines is 1. The molecule has 0 bridgehead atoms. The lowest BCUT2D eigenvalue weighted by atomic mass is 10.1. The molecule has 0 spiro atoms. The number of halogens is 1. The maximum atomic E-state index is 12.9. The summed E-state index contributed by atoms with van der Waals surface area (Å²) in [7, 11) is 0. The van der Waals surface area contributed by atoms with E-state index in [4.69, 9.17) is 5.73 Å². The summed E-state index contributed by atoms with van der Waals surface area (Å²) in [5.74, 6) is -0.455. The van der Waals surface area contributed by atoms with Gasteiger partial charge in [0.2, 0.25) is 5.56 Å². The van der Waals surface area contributed by atoms with Gasteiger partial charge in [0.15, 0.2) is 0 Å². The molecule has 4 heteroatoms. The standard InChI is InChI=1S/C11H9FN2O/c12-9-2-1-7(5-10(9)13)8-3-4-14-11(15)6-8/h1-6H,13H2,(H,14,15). The van der Waals surface area contributed by atoms with E-state index in [9.17, 15) is 9.18 Å². The van der Waals surface area contributed by atoms with Crippen LogP contribution in [-0.4, -0.2) is 4.98 Å². The number of nitrogen functional groups attached to an aromatic ring is 1. The summed E-state index contributed by atoms with van der Waals surface area (Å²) in [5, 5.41) is 0. The van der Waals surface area contributed by atoms with Crippen LogP contribution in [0.4, 0.5) is 10.1 Å². The van der Waals surface area contributed by atoms with Crippen molar-refractivity contribution in [2.45, 2.75) is 0 Å². The summed E-state index contributed by atoms with van der Waals surface area (Å²) in [6, 6.07) is 7.54. The average Bonchev–Trinajstić information content (AvgIpc) is 2.22. The number of hydrogen-bond donors (Lipinski definition) is 2. The van der Waals surface area contributed by atoms with E-state index in [1.54, 1.807) is 12.1 Å². The molecule has 0 amide bonds. The maximum absolute atomic E-state index is 12.9. The Morgan fingerprint density at radius 1 is 1.13 bits per heavy atom. The summed E-state index contributed by atoms with van der Waals surface area (Å²) in [6.45, 7) is 0. The minimum Gasteiger partial charge on any atom is -0.396 e. The summed E-state index contributed by atoms with van der Waals surface area (Å²) in [4.78, 5) is 13.6. The molecule has 0 aliphatic carbocycles. The first-order valence-corrected chi connectivity index (χ1v) is 4.41. The molecule has 1 heterocycles. The van der Waals surface area contributed by atoms with Gasteiger partial charge in [-0.2, -0.15) is 0 Å². The lowest BCUT2D eigenvalue weighted by molar-refractivity contribution is 0.632. The zero-order valence-electron chi connectivity index (χ0n) is 7.83. The van der Waals surface area contributed by atoms with Crippen molar-refractivity contribution in [3.63, 3.8) is 0 Å². The van der Waals surface area contributed by atoms with E-state index in [2.05, 4.69) is 4.98 Å². The Balaban J connectivity index is 2.55. The fraction of sp³-hybridized carbons (Fsp3) is 0. The quantitative estimate of drug-likeness (QED) is 0.695. The number of nitrogens with two attached hydrogens (primary N) is 1. The molecular weight excluding hydrogens is 195 g/mol. The molecule has 3 nitrogen and oxygen atoms in total. The first-order valence-electron chi connectivity index (χ1n) is 4.41. The van der Waals surface area contributed by atoms with E-state index >= 15 is 0 Å². The summed E-state index contributed by atoms with van der Waals surface area (Å²) in [6.07, 6.45) is 1.54. The molecule has 15 heavy (non-hydrogen) atoms. The molecule has 3 N–H and O–H groups in total. The number of aromatic nitrogens is 1. The van der Waals surface area contributed by atoms with E-state index in [1.165, 1.54) is 24.4 Å². The van der Waals surface area contributed by atoms with Crippen molar-refractivity contribution in [3.05, 3.63) is 52.7 Å². The van der Waals surface area contributed by atoms with Gasteiger partial charge in [-0.25, -0.2) is 4.39 Å². The molecule has 0 saturated carbocycles. The van der Waals surface area contributed by atoms with Crippen LogP contribution in [0.1, 0.15) is 0 Å². The van der Waals surface area contributed by atoms with Crippen molar-refractivity contribution >= 4 is 5.69 Å². The van der Waals surface area contributed by atoms with Crippen LogP contribution in [0.15, 0.2) is 41.3 Å². The highest BCUT2D eigenvalue weighted by atomic mass is 19.1. The molecule has 76 valence electrons. The van der Waals surface area contributed by atoms with Gasteiger partial charge in [0, 0.05) is 12.3 Å². The fourth-order valence-corrected chi connectivity index (χ4v) is 1.35.